The average Bonchev–Trinajstić information content (AvgIpc) is 2.26. The zero-order valence-electron chi connectivity index (χ0n) is 9.78. The summed E-state index contributed by atoms with van der Waals surface area (Å²) in [5, 5.41) is 12.7. The molecule has 2 N–H and O–H groups in total. The molecule has 0 aliphatic rings. The van der Waals surface area contributed by atoms with Crippen LogP contribution in [0.5, 0.6) is 0 Å². The second-order valence-corrected chi connectivity index (χ2v) is 3.82. The largest absolute Gasteiger partial charge is 0.390 e. The number of hydrogen-bond donors (Lipinski definition) is 2. The van der Waals surface area contributed by atoms with E-state index in [0.717, 1.165) is 12.2 Å². The zero-order chi connectivity index (χ0) is 12.0. The second-order valence-electron chi connectivity index (χ2n) is 3.82. The van der Waals surface area contributed by atoms with Crippen molar-refractivity contribution in [2.75, 3.05) is 31.6 Å². The molecule has 4 heteroatoms. The molecule has 0 aliphatic carbocycles. The van der Waals surface area contributed by atoms with E-state index in [9.17, 15) is 9.50 Å². The lowest BCUT2D eigenvalue weighted by Crippen LogP contribution is -2.36. The normalized spacial score (nSPS) is 12.5. The fraction of sp³-hybridized carbons (Fsp3) is 0.500. The number of nitrogens with one attached hydrogen (secondary N) is 1. The first kappa shape index (κ1) is 12.9. The van der Waals surface area contributed by atoms with Crippen molar-refractivity contribution in [3.8, 4) is 0 Å². The van der Waals surface area contributed by atoms with Gasteiger partial charge in [-0.3, -0.25) is 0 Å². The van der Waals surface area contributed by atoms with E-state index in [1.54, 1.807) is 6.07 Å². The van der Waals surface area contributed by atoms with E-state index in [-0.39, 0.29) is 5.82 Å². The van der Waals surface area contributed by atoms with Gasteiger partial charge in [-0.1, -0.05) is 13.0 Å². The number of hydrogen-bond acceptors (Lipinski definition) is 3. The molecule has 0 spiro atoms. The molecular weight excluding hydrogens is 207 g/mol. The van der Waals surface area contributed by atoms with Gasteiger partial charge in [-0.05, 0) is 24.7 Å². The number of anilines is 1. The highest BCUT2D eigenvalue weighted by molar-refractivity contribution is 5.45. The zero-order valence-corrected chi connectivity index (χ0v) is 9.78. The molecule has 0 aliphatic heterocycles. The Morgan fingerprint density at radius 2 is 2.25 bits per heavy atom. The van der Waals surface area contributed by atoms with Crippen LogP contribution in [0.3, 0.4) is 0 Å². The van der Waals surface area contributed by atoms with Crippen LogP contribution in [0.1, 0.15) is 6.92 Å². The summed E-state index contributed by atoms with van der Waals surface area (Å²) < 4.78 is 13.0. The molecule has 0 amide bonds. The van der Waals surface area contributed by atoms with E-state index in [0.29, 0.717) is 13.1 Å². The van der Waals surface area contributed by atoms with Crippen LogP contribution in [0.2, 0.25) is 0 Å². The van der Waals surface area contributed by atoms with Gasteiger partial charge in [0.05, 0.1) is 6.10 Å². The Morgan fingerprint density at radius 3 is 2.88 bits per heavy atom. The SMILES string of the molecule is CCNCC(O)CN(C)c1cccc(F)c1. The lowest BCUT2D eigenvalue weighted by molar-refractivity contribution is 0.179. The summed E-state index contributed by atoms with van der Waals surface area (Å²) in [5.74, 6) is -0.259. The molecule has 0 radical (unpaired) electrons. The highest BCUT2D eigenvalue weighted by Crippen LogP contribution is 2.13. The van der Waals surface area contributed by atoms with Crippen molar-refractivity contribution in [2.24, 2.45) is 0 Å². The fourth-order valence-corrected chi connectivity index (χ4v) is 1.51. The van der Waals surface area contributed by atoms with Gasteiger partial charge in [-0.15, -0.1) is 0 Å². The molecule has 0 heterocycles. The predicted molar refractivity (Wildman–Crippen MR) is 64.2 cm³/mol. The molecule has 0 aromatic heterocycles. The first-order valence-corrected chi connectivity index (χ1v) is 5.49. The van der Waals surface area contributed by atoms with E-state index < -0.39 is 6.10 Å². The van der Waals surface area contributed by atoms with E-state index in [1.165, 1.54) is 12.1 Å². The molecule has 0 bridgehead atoms. The number of benzene rings is 1. The number of likely N-dealkylation sites (N-methyl/N-ethyl adjacent to an activating group) is 2. The monoisotopic (exact) mass is 226 g/mol. The standard InChI is InChI=1S/C12H19FN2O/c1-3-14-8-12(16)9-15(2)11-6-4-5-10(13)7-11/h4-7,12,14,16H,3,8-9H2,1-2H3. The van der Waals surface area contributed by atoms with Crippen molar-refractivity contribution >= 4 is 5.69 Å². The molecule has 16 heavy (non-hydrogen) atoms. The van der Waals surface area contributed by atoms with Crippen LogP contribution in [-0.2, 0) is 0 Å². The van der Waals surface area contributed by atoms with Gasteiger partial charge < -0.3 is 15.3 Å². The molecule has 1 unspecified atom stereocenters. The van der Waals surface area contributed by atoms with E-state index in [2.05, 4.69) is 5.32 Å². The van der Waals surface area contributed by atoms with Crippen molar-refractivity contribution in [1.29, 1.82) is 0 Å². The Hall–Kier alpha value is -1.13. The summed E-state index contributed by atoms with van der Waals surface area (Å²) in [5.41, 5.74) is 0.774. The molecule has 1 atom stereocenters. The summed E-state index contributed by atoms with van der Waals surface area (Å²) >= 11 is 0. The third kappa shape index (κ3) is 4.16. The summed E-state index contributed by atoms with van der Waals surface area (Å²) in [6.07, 6.45) is -0.451. The number of aliphatic hydroxyl groups excluding tert-OH is 1. The van der Waals surface area contributed by atoms with E-state index in [4.69, 9.17) is 0 Å². The molecule has 1 aromatic rings. The lowest BCUT2D eigenvalue weighted by atomic mass is 10.2. The van der Waals surface area contributed by atoms with Gasteiger partial charge in [-0.25, -0.2) is 4.39 Å². The van der Waals surface area contributed by atoms with Crippen molar-refractivity contribution in [3.63, 3.8) is 0 Å². The maximum atomic E-state index is 13.0. The number of aliphatic hydroxyl groups is 1. The quantitative estimate of drug-likeness (QED) is 0.766. The van der Waals surface area contributed by atoms with Crippen LogP contribution in [0.4, 0.5) is 10.1 Å². The maximum Gasteiger partial charge on any atom is 0.125 e. The summed E-state index contributed by atoms with van der Waals surface area (Å²) in [4.78, 5) is 1.84. The van der Waals surface area contributed by atoms with Gasteiger partial charge in [0.25, 0.3) is 0 Å². The van der Waals surface area contributed by atoms with Gasteiger partial charge in [0.15, 0.2) is 0 Å². The van der Waals surface area contributed by atoms with Crippen molar-refractivity contribution in [3.05, 3.63) is 30.1 Å². The van der Waals surface area contributed by atoms with Crippen LogP contribution in [0.15, 0.2) is 24.3 Å². The first-order chi connectivity index (χ1) is 7.63. The number of halogens is 1. The highest BCUT2D eigenvalue weighted by atomic mass is 19.1. The van der Waals surface area contributed by atoms with Gasteiger partial charge in [-0.2, -0.15) is 0 Å². The molecule has 90 valence electrons. The Kier molecular flexibility index (Phi) is 5.22. The minimum absolute atomic E-state index is 0.259. The topological polar surface area (TPSA) is 35.5 Å². The minimum atomic E-state index is -0.451. The van der Waals surface area contributed by atoms with Crippen molar-refractivity contribution in [1.82, 2.24) is 5.32 Å². The third-order valence-electron chi connectivity index (χ3n) is 2.36. The average molecular weight is 226 g/mol. The molecule has 0 fully saturated rings. The van der Waals surface area contributed by atoms with Crippen molar-refractivity contribution < 1.29 is 9.50 Å². The van der Waals surface area contributed by atoms with E-state index >= 15 is 0 Å². The van der Waals surface area contributed by atoms with Crippen LogP contribution >= 0.6 is 0 Å². The van der Waals surface area contributed by atoms with Crippen LogP contribution in [-0.4, -0.2) is 37.9 Å². The smallest absolute Gasteiger partial charge is 0.125 e. The molecule has 1 rings (SSSR count). The van der Waals surface area contributed by atoms with Gasteiger partial charge in [0.2, 0.25) is 0 Å². The summed E-state index contributed by atoms with van der Waals surface area (Å²) in [7, 11) is 1.84. The van der Waals surface area contributed by atoms with Gasteiger partial charge in [0, 0.05) is 25.8 Å². The molecule has 0 saturated carbocycles. The van der Waals surface area contributed by atoms with Crippen LogP contribution < -0.4 is 10.2 Å². The van der Waals surface area contributed by atoms with Crippen LogP contribution in [0, 0.1) is 5.82 Å². The molecule has 0 saturated heterocycles. The second kappa shape index (κ2) is 6.45. The van der Waals surface area contributed by atoms with Crippen molar-refractivity contribution in [2.45, 2.75) is 13.0 Å². The minimum Gasteiger partial charge on any atom is -0.390 e. The first-order valence-electron chi connectivity index (χ1n) is 5.49. The Bertz CT molecular complexity index is 320. The fourth-order valence-electron chi connectivity index (χ4n) is 1.51. The lowest BCUT2D eigenvalue weighted by Gasteiger charge is -2.22. The number of rotatable bonds is 6. The van der Waals surface area contributed by atoms with E-state index in [1.807, 2.05) is 24.9 Å². The predicted octanol–water partition coefficient (Wildman–Crippen LogP) is 1.23. The number of nitrogens with zero attached hydrogens (tertiary/aromatic N) is 1. The van der Waals surface area contributed by atoms with Gasteiger partial charge in [0.1, 0.15) is 5.82 Å². The van der Waals surface area contributed by atoms with Crippen LogP contribution in [0.25, 0.3) is 0 Å². The Labute approximate surface area is 95.9 Å². The molecule has 3 nitrogen and oxygen atoms in total. The summed E-state index contributed by atoms with van der Waals surface area (Å²) in [6, 6.07) is 6.35. The Morgan fingerprint density at radius 1 is 1.50 bits per heavy atom. The van der Waals surface area contributed by atoms with Gasteiger partial charge >= 0.3 is 0 Å². The summed E-state index contributed by atoms with van der Waals surface area (Å²) in [6.45, 7) is 3.86. The highest BCUT2D eigenvalue weighted by Gasteiger charge is 2.08. The molecule has 1 aromatic carbocycles. The maximum absolute atomic E-state index is 13.0. The Balaban J connectivity index is 2.48. The third-order valence-corrected chi connectivity index (χ3v) is 2.36. The molecular formula is C12H19FN2O.